The third-order valence-electron chi connectivity index (χ3n) is 11.7. The van der Waals surface area contributed by atoms with E-state index in [1.807, 2.05) is 12.2 Å². The van der Waals surface area contributed by atoms with E-state index < -0.39 is 71.2 Å². The Morgan fingerprint density at radius 1 is 0.523 bits per heavy atom. The van der Waals surface area contributed by atoms with Crippen molar-refractivity contribution in [3.8, 4) is 0 Å². The van der Waals surface area contributed by atoms with Crippen molar-refractivity contribution in [3.05, 3.63) is 48.6 Å². The molecule has 0 amide bonds. The van der Waals surface area contributed by atoms with Gasteiger partial charge in [-0.2, -0.15) is 8.42 Å². The van der Waals surface area contributed by atoms with Crippen LogP contribution in [-0.4, -0.2) is 96.0 Å². The maximum absolute atomic E-state index is 12.8. The molecule has 1 fully saturated rings. The van der Waals surface area contributed by atoms with E-state index in [4.69, 9.17) is 18.9 Å². The molecule has 0 aromatic rings. The minimum Gasteiger partial charge on any atom is -0.462 e. The van der Waals surface area contributed by atoms with Crippen molar-refractivity contribution >= 4 is 22.1 Å². The summed E-state index contributed by atoms with van der Waals surface area (Å²) in [7, 11) is -4.61. The molecule has 6 atom stereocenters. The van der Waals surface area contributed by atoms with Gasteiger partial charge >= 0.3 is 11.9 Å². The van der Waals surface area contributed by atoms with E-state index in [1.165, 1.54) is 122 Å². The second-order valence-electron chi connectivity index (χ2n) is 17.8. The molecule has 1 aliphatic rings. The zero-order valence-corrected chi connectivity index (χ0v) is 41.4. The van der Waals surface area contributed by atoms with E-state index in [0.29, 0.717) is 19.3 Å². The summed E-state index contributed by atoms with van der Waals surface area (Å²) < 4.78 is 54.2. The summed E-state index contributed by atoms with van der Waals surface area (Å²) in [5.41, 5.74) is 0. The van der Waals surface area contributed by atoms with E-state index in [-0.39, 0.29) is 19.4 Å². The third kappa shape index (κ3) is 36.3. The maximum Gasteiger partial charge on any atom is 0.306 e. The lowest BCUT2D eigenvalue weighted by Crippen LogP contribution is -2.60. The summed E-state index contributed by atoms with van der Waals surface area (Å²) in [6.07, 6.45) is 41.6. The lowest BCUT2D eigenvalue weighted by atomic mass is 10.00. The van der Waals surface area contributed by atoms with Gasteiger partial charge in [0.25, 0.3) is 10.1 Å². The van der Waals surface area contributed by atoms with Gasteiger partial charge < -0.3 is 34.3 Å². The summed E-state index contributed by atoms with van der Waals surface area (Å²) in [5, 5.41) is 31.0. The number of esters is 2. The molecule has 2 unspecified atom stereocenters. The van der Waals surface area contributed by atoms with Crippen molar-refractivity contribution in [2.75, 3.05) is 19.0 Å². The normalized spacial score (nSPS) is 19.9. The molecule has 0 spiro atoms. The summed E-state index contributed by atoms with van der Waals surface area (Å²) in [5.74, 6) is -2.05. The predicted molar refractivity (Wildman–Crippen MR) is 261 cm³/mol. The van der Waals surface area contributed by atoms with Gasteiger partial charge in [-0.25, -0.2) is 0 Å². The van der Waals surface area contributed by atoms with Crippen LogP contribution in [0.3, 0.4) is 0 Å². The average Bonchev–Trinajstić information content (AvgIpc) is 3.27. The first-order chi connectivity index (χ1) is 31.5. The minimum atomic E-state index is -4.61. The number of hydrogen-bond donors (Lipinski definition) is 4. The molecule has 13 heteroatoms. The van der Waals surface area contributed by atoms with Gasteiger partial charge in [0.1, 0.15) is 36.8 Å². The number of aliphatic hydroxyl groups excluding tert-OH is 3. The quantitative estimate of drug-likeness (QED) is 0.0196. The number of carbonyl (C=O) groups is 2. The maximum atomic E-state index is 12.8. The monoisotopic (exact) mass is 941 g/mol. The van der Waals surface area contributed by atoms with Crippen LogP contribution in [0.2, 0.25) is 0 Å². The first-order valence-electron chi connectivity index (χ1n) is 25.7. The predicted octanol–water partition coefficient (Wildman–Crippen LogP) is 11.5. The average molecular weight is 941 g/mol. The minimum absolute atomic E-state index is 0.0891. The van der Waals surface area contributed by atoms with Gasteiger partial charge in [0.15, 0.2) is 12.4 Å². The lowest BCUT2D eigenvalue weighted by Gasteiger charge is -2.40. The SMILES string of the molecule is CCCCC/C=C/C/C=C/C/C=C/C/C=C/CCCC(=O)O[C@H](COC(=O)CCCCCCCCCCCCCCCCCCCCCC)CO[C@H]1O[C@H](CS(=O)(=O)O)[C@@H](O)C(O)C1O. The molecule has 0 aromatic heterocycles. The van der Waals surface area contributed by atoms with E-state index in [1.54, 1.807) is 0 Å². The number of aliphatic hydroxyl groups is 3. The van der Waals surface area contributed by atoms with E-state index in [2.05, 4.69) is 50.3 Å². The fourth-order valence-corrected chi connectivity index (χ4v) is 8.36. The van der Waals surface area contributed by atoms with Gasteiger partial charge in [0.2, 0.25) is 0 Å². The Bertz CT molecular complexity index is 1380. The second-order valence-corrected chi connectivity index (χ2v) is 19.3. The fraction of sp³-hybridized carbons (Fsp3) is 0.808. The highest BCUT2D eigenvalue weighted by Gasteiger charge is 2.46. The fourth-order valence-electron chi connectivity index (χ4n) is 7.67. The molecule has 65 heavy (non-hydrogen) atoms. The zero-order chi connectivity index (χ0) is 47.6. The number of carbonyl (C=O) groups excluding carboxylic acids is 2. The molecule has 1 aliphatic heterocycles. The molecule has 378 valence electrons. The Hall–Kier alpha value is -2.39. The van der Waals surface area contributed by atoms with E-state index >= 15 is 0 Å². The first-order valence-corrected chi connectivity index (χ1v) is 27.3. The summed E-state index contributed by atoms with van der Waals surface area (Å²) >= 11 is 0. The Morgan fingerprint density at radius 2 is 0.938 bits per heavy atom. The third-order valence-corrected chi connectivity index (χ3v) is 12.4. The van der Waals surface area contributed by atoms with Gasteiger partial charge in [-0.3, -0.25) is 14.1 Å². The summed E-state index contributed by atoms with van der Waals surface area (Å²) in [4.78, 5) is 25.5. The number of unbranched alkanes of at least 4 members (excludes halogenated alkanes) is 23. The molecule has 0 radical (unpaired) electrons. The smallest absolute Gasteiger partial charge is 0.306 e. The molecule has 0 aromatic carbocycles. The summed E-state index contributed by atoms with van der Waals surface area (Å²) in [6, 6.07) is 0. The molecule has 1 rings (SSSR count). The molecule has 1 saturated heterocycles. The van der Waals surface area contributed by atoms with Crippen LogP contribution in [0.1, 0.15) is 213 Å². The van der Waals surface area contributed by atoms with Gasteiger partial charge in [-0.05, 0) is 51.4 Å². The van der Waals surface area contributed by atoms with Crippen LogP contribution in [0.4, 0.5) is 0 Å². The van der Waals surface area contributed by atoms with Gasteiger partial charge in [0.05, 0.1) is 6.61 Å². The Balaban J connectivity index is 2.40. The van der Waals surface area contributed by atoms with Gasteiger partial charge in [-0.1, -0.05) is 197 Å². The van der Waals surface area contributed by atoms with Crippen LogP contribution in [-0.2, 0) is 38.7 Å². The van der Waals surface area contributed by atoms with Crippen molar-refractivity contribution in [1.29, 1.82) is 0 Å². The first kappa shape index (κ1) is 60.6. The van der Waals surface area contributed by atoms with Crippen LogP contribution in [0.25, 0.3) is 0 Å². The molecule has 12 nitrogen and oxygen atoms in total. The standard InChI is InChI=1S/C52H92O12S/c1-3-5-7-9-11-13-15-17-19-21-22-23-25-26-28-30-32-34-36-38-40-47(53)61-42-45(43-62-52-51(57)50(56)49(55)46(64-52)44-65(58,59)60)63-48(54)41-39-37-35-33-31-29-27-24-20-18-16-14-12-10-8-6-4-2/h12,14,18,20,27,29,33,35,45-46,49-52,55-57H,3-11,13,15-17,19,21-26,28,30-32,34,36-44H2,1-2H3,(H,58,59,60)/b14-12+,20-18+,29-27+,35-33+/t45-,46-,49-,50?,51?,52+/m1/s1. The van der Waals surface area contributed by atoms with E-state index in [0.717, 1.165) is 44.9 Å². The largest absolute Gasteiger partial charge is 0.462 e. The van der Waals surface area contributed by atoms with Crippen LogP contribution < -0.4 is 0 Å². The number of hydrogen-bond acceptors (Lipinski definition) is 11. The van der Waals surface area contributed by atoms with Crippen molar-refractivity contribution < 1.29 is 56.8 Å². The van der Waals surface area contributed by atoms with Crippen molar-refractivity contribution in [2.45, 2.75) is 250 Å². The lowest BCUT2D eigenvalue weighted by molar-refractivity contribution is -0.297. The molecule has 0 aliphatic carbocycles. The number of allylic oxidation sites excluding steroid dienone is 8. The molecular weight excluding hydrogens is 849 g/mol. The molecule has 1 heterocycles. The van der Waals surface area contributed by atoms with Crippen molar-refractivity contribution in [2.24, 2.45) is 0 Å². The highest BCUT2D eigenvalue weighted by Crippen LogP contribution is 2.24. The van der Waals surface area contributed by atoms with E-state index in [9.17, 15) is 37.9 Å². The number of ether oxygens (including phenoxy) is 4. The van der Waals surface area contributed by atoms with Crippen LogP contribution in [0.15, 0.2) is 48.6 Å². The Morgan fingerprint density at radius 3 is 1.42 bits per heavy atom. The molecule has 4 N–H and O–H groups in total. The van der Waals surface area contributed by atoms with Crippen molar-refractivity contribution in [1.82, 2.24) is 0 Å². The second kappa shape index (κ2) is 41.8. The van der Waals surface area contributed by atoms with Crippen LogP contribution >= 0.6 is 0 Å². The number of rotatable bonds is 43. The highest BCUT2D eigenvalue weighted by molar-refractivity contribution is 7.85. The Kier molecular flexibility index (Phi) is 39.0. The van der Waals surface area contributed by atoms with Crippen molar-refractivity contribution in [3.63, 3.8) is 0 Å². The topological polar surface area (TPSA) is 186 Å². The molecule has 0 bridgehead atoms. The zero-order valence-electron chi connectivity index (χ0n) is 40.6. The van der Waals surface area contributed by atoms with Gasteiger partial charge in [-0.15, -0.1) is 0 Å². The van der Waals surface area contributed by atoms with Crippen LogP contribution in [0.5, 0.6) is 0 Å². The molecule has 0 saturated carbocycles. The Labute approximate surface area is 394 Å². The molecular formula is C52H92O12S. The van der Waals surface area contributed by atoms with Gasteiger partial charge in [0, 0.05) is 12.8 Å². The summed E-state index contributed by atoms with van der Waals surface area (Å²) in [6.45, 7) is 3.71. The highest BCUT2D eigenvalue weighted by atomic mass is 32.2. The van der Waals surface area contributed by atoms with Crippen LogP contribution in [0, 0.1) is 0 Å².